The molecule has 1 heterocycles. The van der Waals surface area contributed by atoms with Crippen molar-refractivity contribution in [1.29, 1.82) is 0 Å². The van der Waals surface area contributed by atoms with E-state index < -0.39 is 5.82 Å². The van der Waals surface area contributed by atoms with Crippen LogP contribution in [-0.2, 0) is 11.2 Å². The van der Waals surface area contributed by atoms with E-state index in [4.69, 9.17) is 10.5 Å². The highest BCUT2D eigenvalue weighted by atomic mass is 19.1. The van der Waals surface area contributed by atoms with Crippen LogP contribution in [0.25, 0.3) is 0 Å². The number of nitrogens with two attached hydrogens (primary N) is 1. The van der Waals surface area contributed by atoms with Crippen molar-refractivity contribution in [2.45, 2.75) is 18.9 Å². The fraction of sp³-hybridized carbons (Fsp3) is 0.188. The van der Waals surface area contributed by atoms with Gasteiger partial charge in [0.15, 0.2) is 0 Å². The molecule has 0 radical (unpaired) electrons. The molecule has 1 unspecified atom stereocenters. The van der Waals surface area contributed by atoms with Gasteiger partial charge in [0.2, 0.25) is 5.91 Å². The maximum atomic E-state index is 13.5. The molecule has 3 N–H and O–H groups in total. The number of carbonyl (C=O) groups is 1. The molecule has 0 spiro atoms. The molecule has 0 aliphatic carbocycles. The topological polar surface area (TPSA) is 64.3 Å². The molecule has 0 bridgehead atoms. The lowest BCUT2D eigenvalue weighted by Gasteiger charge is -2.16. The lowest BCUT2D eigenvalue weighted by molar-refractivity contribution is -0.117. The number of hydrogen-bond acceptors (Lipinski definition) is 3. The first kappa shape index (κ1) is 13.4. The molecule has 0 fully saturated rings. The molecule has 1 aliphatic heterocycles. The number of anilines is 2. The zero-order valence-corrected chi connectivity index (χ0v) is 11.3. The second-order valence-corrected chi connectivity index (χ2v) is 5.02. The van der Waals surface area contributed by atoms with E-state index in [-0.39, 0.29) is 29.8 Å². The van der Waals surface area contributed by atoms with Crippen molar-refractivity contribution in [3.05, 3.63) is 53.8 Å². The van der Waals surface area contributed by atoms with Gasteiger partial charge in [-0.2, -0.15) is 0 Å². The molecule has 3 rings (SSSR count). The van der Waals surface area contributed by atoms with Gasteiger partial charge in [0.25, 0.3) is 0 Å². The van der Waals surface area contributed by atoms with Crippen molar-refractivity contribution in [3.63, 3.8) is 0 Å². The van der Waals surface area contributed by atoms with Crippen LogP contribution in [0.5, 0.6) is 5.75 Å². The second kappa shape index (κ2) is 5.44. The van der Waals surface area contributed by atoms with Crippen molar-refractivity contribution in [1.82, 2.24) is 0 Å². The molecule has 4 nitrogen and oxygen atoms in total. The van der Waals surface area contributed by atoms with Crippen LogP contribution in [-0.4, -0.2) is 12.0 Å². The van der Waals surface area contributed by atoms with Crippen molar-refractivity contribution >= 4 is 17.3 Å². The van der Waals surface area contributed by atoms with Gasteiger partial charge in [0.1, 0.15) is 23.4 Å². The SMILES string of the molecule is Nc1c(F)ccc2c1NC(=O)CC(Cc1ccccc1)O2. The Kier molecular flexibility index (Phi) is 3.48. The summed E-state index contributed by atoms with van der Waals surface area (Å²) in [5.41, 5.74) is 6.86. The highest BCUT2D eigenvalue weighted by molar-refractivity contribution is 5.97. The van der Waals surface area contributed by atoms with Crippen LogP contribution in [0.2, 0.25) is 0 Å². The Bertz CT molecular complexity index is 673. The summed E-state index contributed by atoms with van der Waals surface area (Å²) in [4.78, 5) is 11.9. The van der Waals surface area contributed by atoms with Gasteiger partial charge in [-0.3, -0.25) is 4.79 Å². The first-order valence-corrected chi connectivity index (χ1v) is 6.72. The first-order valence-electron chi connectivity index (χ1n) is 6.72. The Hall–Kier alpha value is -2.56. The number of nitrogen functional groups attached to an aromatic ring is 1. The van der Waals surface area contributed by atoms with Gasteiger partial charge < -0.3 is 15.8 Å². The van der Waals surface area contributed by atoms with Crippen molar-refractivity contribution in [3.8, 4) is 5.75 Å². The van der Waals surface area contributed by atoms with E-state index in [2.05, 4.69) is 5.32 Å². The fourth-order valence-corrected chi connectivity index (χ4v) is 2.41. The normalized spacial score (nSPS) is 17.4. The molecule has 21 heavy (non-hydrogen) atoms. The smallest absolute Gasteiger partial charge is 0.228 e. The Morgan fingerprint density at radius 3 is 2.76 bits per heavy atom. The Labute approximate surface area is 121 Å². The van der Waals surface area contributed by atoms with Crippen molar-refractivity contribution in [2.75, 3.05) is 11.1 Å². The Morgan fingerprint density at radius 1 is 1.24 bits per heavy atom. The Balaban J connectivity index is 1.88. The number of nitrogens with one attached hydrogen (secondary N) is 1. The molecule has 2 aromatic rings. The van der Waals surface area contributed by atoms with Gasteiger partial charge in [-0.05, 0) is 17.7 Å². The van der Waals surface area contributed by atoms with Gasteiger partial charge >= 0.3 is 0 Å². The largest absolute Gasteiger partial charge is 0.487 e. The van der Waals surface area contributed by atoms with E-state index >= 15 is 0 Å². The molecular weight excluding hydrogens is 271 g/mol. The minimum Gasteiger partial charge on any atom is -0.487 e. The van der Waals surface area contributed by atoms with Crippen LogP contribution >= 0.6 is 0 Å². The number of hydrogen-bond donors (Lipinski definition) is 2. The third-order valence-electron chi connectivity index (χ3n) is 3.43. The van der Waals surface area contributed by atoms with Gasteiger partial charge in [-0.1, -0.05) is 30.3 Å². The zero-order valence-electron chi connectivity index (χ0n) is 11.3. The summed E-state index contributed by atoms with van der Waals surface area (Å²) in [6, 6.07) is 12.5. The second-order valence-electron chi connectivity index (χ2n) is 5.02. The molecule has 5 heteroatoms. The number of fused-ring (bicyclic) bond motifs is 1. The summed E-state index contributed by atoms with van der Waals surface area (Å²) in [6.07, 6.45) is 0.494. The van der Waals surface area contributed by atoms with Crippen LogP contribution in [0.4, 0.5) is 15.8 Å². The standard InChI is InChI=1S/C16H15FN2O2/c17-12-6-7-13-16(15(12)18)19-14(20)9-11(21-13)8-10-4-2-1-3-5-10/h1-7,11H,8-9,18H2,(H,19,20). The van der Waals surface area contributed by atoms with E-state index in [1.807, 2.05) is 30.3 Å². The molecule has 108 valence electrons. The summed E-state index contributed by atoms with van der Waals surface area (Å²) >= 11 is 0. The molecule has 0 saturated carbocycles. The summed E-state index contributed by atoms with van der Waals surface area (Å²) in [7, 11) is 0. The molecule has 0 aromatic heterocycles. The molecule has 1 amide bonds. The van der Waals surface area contributed by atoms with Crippen LogP contribution in [0, 0.1) is 5.82 Å². The van der Waals surface area contributed by atoms with Crippen LogP contribution < -0.4 is 15.8 Å². The maximum Gasteiger partial charge on any atom is 0.228 e. The van der Waals surface area contributed by atoms with Gasteiger partial charge in [0, 0.05) is 6.42 Å². The maximum absolute atomic E-state index is 13.5. The number of halogens is 1. The summed E-state index contributed by atoms with van der Waals surface area (Å²) in [5, 5.41) is 2.62. The number of ether oxygens (including phenoxy) is 1. The molecule has 1 aliphatic rings. The summed E-state index contributed by atoms with van der Waals surface area (Å²) in [6.45, 7) is 0. The quantitative estimate of drug-likeness (QED) is 0.834. The third-order valence-corrected chi connectivity index (χ3v) is 3.43. The van der Waals surface area contributed by atoms with Crippen LogP contribution in [0.3, 0.4) is 0 Å². The molecule has 2 aromatic carbocycles. The van der Waals surface area contributed by atoms with Crippen molar-refractivity contribution < 1.29 is 13.9 Å². The predicted molar refractivity (Wildman–Crippen MR) is 78.6 cm³/mol. The minimum absolute atomic E-state index is 0.0961. The van der Waals surface area contributed by atoms with E-state index in [1.54, 1.807) is 0 Å². The number of benzene rings is 2. The lowest BCUT2D eigenvalue weighted by atomic mass is 10.1. The van der Waals surface area contributed by atoms with Crippen LogP contribution in [0.15, 0.2) is 42.5 Å². The van der Waals surface area contributed by atoms with Crippen molar-refractivity contribution in [2.24, 2.45) is 0 Å². The fourth-order valence-electron chi connectivity index (χ4n) is 2.41. The summed E-state index contributed by atoms with van der Waals surface area (Å²) in [5.74, 6) is -0.396. The zero-order chi connectivity index (χ0) is 14.8. The number of carbonyl (C=O) groups excluding carboxylic acids is 1. The average molecular weight is 286 g/mol. The average Bonchev–Trinajstić information content (AvgIpc) is 2.63. The predicted octanol–water partition coefficient (Wildman–Crippen LogP) is 2.74. The van der Waals surface area contributed by atoms with E-state index in [0.717, 1.165) is 5.56 Å². The summed E-state index contributed by atoms with van der Waals surface area (Å²) < 4.78 is 19.3. The highest BCUT2D eigenvalue weighted by Crippen LogP contribution is 2.36. The van der Waals surface area contributed by atoms with E-state index in [0.29, 0.717) is 12.2 Å². The highest BCUT2D eigenvalue weighted by Gasteiger charge is 2.25. The third kappa shape index (κ3) is 2.81. The van der Waals surface area contributed by atoms with E-state index in [9.17, 15) is 9.18 Å². The minimum atomic E-state index is -0.570. The van der Waals surface area contributed by atoms with Gasteiger partial charge in [-0.25, -0.2) is 4.39 Å². The van der Waals surface area contributed by atoms with Gasteiger partial charge in [0.05, 0.1) is 12.1 Å². The van der Waals surface area contributed by atoms with E-state index in [1.165, 1.54) is 12.1 Å². The van der Waals surface area contributed by atoms with Crippen LogP contribution in [0.1, 0.15) is 12.0 Å². The number of amides is 1. The van der Waals surface area contributed by atoms with Gasteiger partial charge in [-0.15, -0.1) is 0 Å². The molecule has 0 saturated heterocycles. The molecule has 1 atom stereocenters. The molecular formula is C16H15FN2O2. The Morgan fingerprint density at radius 2 is 2.00 bits per heavy atom. The number of rotatable bonds is 2. The lowest BCUT2D eigenvalue weighted by Crippen LogP contribution is -2.23. The monoisotopic (exact) mass is 286 g/mol. The first-order chi connectivity index (χ1) is 10.1.